The fourth-order valence-corrected chi connectivity index (χ4v) is 0.526. The van der Waals surface area contributed by atoms with Crippen molar-refractivity contribution in [3.8, 4) is 0 Å². The molecule has 0 aromatic carbocycles. The highest BCUT2D eigenvalue weighted by Crippen LogP contribution is 1.95. The van der Waals surface area contributed by atoms with E-state index in [0.717, 1.165) is 5.47 Å². The largest absolute Gasteiger partial charge is 0.124 e. The average molecular weight is 94.0 g/mol. The zero-order chi connectivity index (χ0) is 5.86. The van der Waals surface area contributed by atoms with Gasteiger partial charge in [0.1, 0.15) is 7.85 Å². The lowest BCUT2D eigenvalue weighted by Crippen LogP contribution is -1.80. The van der Waals surface area contributed by atoms with Crippen molar-refractivity contribution < 1.29 is 0 Å². The highest BCUT2D eigenvalue weighted by molar-refractivity contribution is 6.21. The third-order valence-electron chi connectivity index (χ3n) is 0.596. The van der Waals surface area contributed by atoms with Crippen LogP contribution in [0.15, 0.2) is 11.5 Å². The summed E-state index contributed by atoms with van der Waals surface area (Å²) in [6, 6.07) is 0. The maximum atomic E-state index is 5.35. The van der Waals surface area contributed by atoms with Crippen molar-refractivity contribution in [2.45, 2.75) is 20.8 Å². The van der Waals surface area contributed by atoms with Gasteiger partial charge in [0.15, 0.2) is 0 Å². The fraction of sp³-hybridized carbons (Fsp3) is 0.667. The zero-order valence-corrected chi connectivity index (χ0v) is 5.23. The van der Waals surface area contributed by atoms with Gasteiger partial charge in [-0.2, -0.15) is 0 Å². The van der Waals surface area contributed by atoms with E-state index in [9.17, 15) is 0 Å². The SMILES string of the molecule is [B]/C(C)=C/C(C)C. The van der Waals surface area contributed by atoms with Crippen molar-refractivity contribution in [1.82, 2.24) is 0 Å². The second kappa shape index (κ2) is 2.89. The van der Waals surface area contributed by atoms with E-state index in [4.69, 9.17) is 7.85 Å². The van der Waals surface area contributed by atoms with Gasteiger partial charge in [-0.25, -0.2) is 0 Å². The van der Waals surface area contributed by atoms with E-state index in [1.54, 1.807) is 0 Å². The van der Waals surface area contributed by atoms with Crippen LogP contribution in [0.2, 0.25) is 0 Å². The second-order valence-corrected chi connectivity index (χ2v) is 2.15. The summed E-state index contributed by atoms with van der Waals surface area (Å²) in [6.07, 6.45) is 2.03. The molecule has 2 radical (unpaired) electrons. The summed E-state index contributed by atoms with van der Waals surface area (Å²) in [5.41, 5.74) is 0.912. The Morgan fingerprint density at radius 2 is 2.00 bits per heavy atom. The summed E-state index contributed by atoms with van der Waals surface area (Å²) < 4.78 is 0. The molecule has 0 aromatic rings. The first-order valence-corrected chi connectivity index (χ1v) is 2.57. The molecule has 7 heavy (non-hydrogen) atoms. The molecule has 0 aliphatic heterocycles. The molecule has 0 fully saturated rings. The first-order chi connectivity index (χ1) is 3.13. The molecule has 0 saturated heterocycles. The highest BCUT2D eigenvalue weighted by Gasteiger charge is 1.82. The van der Waals surface area contributed by atoms with Crippen molar-refractivity contribution in [1.29, 1.82) is 0 Å². The minimum absolute atomic E-state index is 0.588. The molecule has 0 bridgehead atoms. The van der Waals surface area contributed by atoms with Gasteiger partial charge in [0, 0.05) is 0 Å². The number of hydrogen-bond acceptors (Lipinski definition) is 0. The van der Waals surface area contributed by atoms with Gasteiger partial charge in [0.2, 0.25) is 0 Å². The molecule has 0 amide bonds. The molecule has 0 aliphatic rings. The quantitative estimate of drug-likeness (QED) is 0.434. The first kappa shape index (κ1) is 6.80. The predicted molar refractivity (Wildman–Crippen MR) is 34.3 cm³/mol. The van der Waals surface area contributed by atoms with E-state index in [-0.39, 0.29) is 0 Å². The Kier molecular flexibility index (Phi) is 2.81. The van der Waals surface area contributed by atoms with Crippen molar-refractivity contribution in [3.05, 3.63) is 11.5 Å². The molecule has 0 saturated carbocycles. The monoisotopic (exact) mass is 94.1 g/mol. The van der Waals surface area contributed by atoms with Crippen LogP contribution in [-0.4, -0.2) is 7.85 Å². The molecule has 1 heteroatoms. The summed E-state index contributed by atoms with van der Waals surface area (Å²) in [4.78, 5) is 0. The lowest BCUT2D eigenvalue weighted by molar-refractivity contribution is 0.828. The Hall–Kier alpha value is -0.195. The van der Waals surface area contributed by atoms with E-state index < -0.39 is 0 Å². The van der Waals surface area contributed by atoms with Gasteiger partial charge in [-0.15, -0.1) is 5.47 Å². The molecule has 0 heterocycles. The van der Waals surface area contributed by atoms with Crippen molar-refractivity contribution in [3.63, 3.8) is 0 Å². The van der Waals surface area contributed by atoms with Crippen molar-refractivity contribution in [2.24, 2.45) is 5.92 Å². The zero-order valence-electron chi connectivity index (χ0n) is 5.23. The number of rotatable bonds is 1. The first-order valence-electron chi connectivity index (χ1n) is 2.57. The van der Waals surface area contributed by atoms with Crippen LogP contribution in [0.1, 0.15) is 20.8 Å². The molecular weight excluding hydrogens is 82.9 g/mol. The summed E-state index contributed by atoms with van der Waals surface area (Å²) in [6.45, 7) is 6.12. The standard InChI is InChI=1S/C6H11B/c1-5(2)4-6(3)7/h4-5H,1-3H3/b6-4+. The normalized spacial score (nSPS) is 12.9. The van der Waals surface area contributed by atoms with Gasteiger partial charge in [-0.3, -0.25) is 0 Å². The molecule has 0 aromatic heterocycles. The third-order valence-corrected chi connectivity index (χ3v) is 0.596. The van der Waals surface area contributed by atoms with E-state index in [1.807, 2.05) is 13.0 Å². The second-order valence-electron chi connectivity index (χ2n) is 2.15. The average Bonchev–Trinajstić information content (AvgIpc) is 1.27. The van der Waals surface area contributed by atoms with Crippen LogP contribution in [-0.2, 0) is 0 Å². The maximum absolute atomic E-state index is 5.35. The van der Waals surface area contributed by atoms with Gasteiger partial charge in [-0.05, 0) is 5.92 Å². The minimum Gasteiger partial charge on any atom is -0.124 e. The van der Waals surface area contributed by atoms with Gasteiger partial charge in [-0.1, -0.05) is 26.8 Å². The van der Waals surface area contributed by atoms with Gasteiger partial charge in [0.05, 0.1) is 0 Å². The minimum atomic E-state index is 0.588. The predicted octanol–water partition coefficient (Wildman–Crippen LogP) is 1.71. The molecular formula is C6H11B. The topological polar surface area (TPSA) is 0 Å². The Morgan fingerprint density at radius 3 is 2.00 bits per heavy atom. The lowest BCUT2D eigenvalue weighted by atomic mass is 9.94. The molecule has 0 aliphatic carbocycles. The van der Waals surface area contributed by atoms with Gasteiger partial charge >= 0.3 is 0 Å². The Morgan fingerprint density at radius 1 is 1.57 bits per heavy atom. The third kappa shape index (κ3) is 5.80. The van der Waals surface area contributed by atoms with Crippen LogP contribution in [0.25, 0.3) is 0 Å². The summed E-state index contributed by atoms with van der Waals surface area (Å²) in [5.74, 6) is 0.588. The van der Waals surface area contributed by atoms with E-state index in [1.165, 1.54) is 0 Å². The molecule has 0 rings (SSSR count). The summed E-state index contributed by atoms with van der Waals surface area (Å²) >= 11 is 0. The fourth-order valence-electron chi connectivity index (χ4n) is 0.526. The summed E-state index contributed by atoms with van der Waals surface area (Å²) in [5, 5.41) is 0. The van der Waals surface area contributed by atoms with Crippen LogP contribution in [0.5, 0.6) is 0 Å². The molecule has 0 N–H and O–H groups in total. The Bertz CT molecular complexity index is 68.2. The van der Waals surface area contributed by atoms with Gasteiger partial charge < -0.3 is 0 Å². The smallest absolute Gasteiger partial charge is 0.106 e. The Balaban J connectivity index is 3.45. The maximum Gasteiger partial charge on any atom is 0.106 e. The lowest BCUT2D eigenvalue weighted by Gasteiger charge is -1.93. The van der Waals surface area contributed by atoms with Crippen LogP contribution >= 0.6 is 0 Å². The van der Waals surface area contributed by atoms with Crippen LogP contribution < -0.4 is 0 Å². The molecule has 0 unspecified atom stereocenters. The van der Waals surface area contributed by atoms with Crippen molar-refractivity contribution in [2.75, 3.05) is 0 Å². The van der Waals surface area contributed by atoms with Gasteiger partial charge in [0.25, 0.3) is 0 Å². The number of allylic oxidation sites excluding steroid dienone is 2. The molecule has 0 nitrogen and oxygen atoms in total. The van der Waals surface area contributed by atoms with E-state index in [2.05, 4.69) is 13.8 Å². The van der Waals surface area contributed by atoms with Crippen LogP contribution in [0, 0.1) is 5.92 Å². The van der Waals surface area contributed by atoms with E-state index in [0.29, 0.717) is 5.92 Å². The molecule has 0 atom stereocenters. The Labute approximate surface area is 47.0 Å². The van der Waals surface area contributed by atoms with E-state index >= 15 is 0 Å². The van der Waals surface area contributed by atoms with Crippen molar-refractivity contribution >= 4 is 7.85 Å². The molecule has 38 valence electrons. The highest BCUT2D eigenvalue weighted by atomic mass is 13.9. The molecule has 0 spiro atoms. The number of hydrogen-bond donors (Lipinski definition) is 0. The summed E-state index contributed by atoms with van der Waals surface area (Å²) in [7, 11) is 5.35. The van der Waals surface area contributed by atoms with Crippen LogP contribution in [0.4, 0.5) is 0 Å². The van der Waals surface area contributed by atoms with Crippen LogP contribution in [0.3, 0.4) is 0 Å².